The lowest BCUT2D eigenvalue weighted by atomic mass is 9.86. The summed E-state index contributed by atoms with van der Waals surface area (Å²) in [4.78, 5) is 6.40. The van der Waals surface area contributed by atoms with Crippen LogP contribution in [0.15, 0.2) is 18.6 Å². The van der Waals surface area contributed by atoms with Gasteiger partial charge in [-0.25, -0.2) is 4.98 Å². The second-order valence-electron chi connectivity index (χ2n) is 1.71. The van der Waals surface area contributed by atoms with Crippen molar-refractivity contribution in [1.29, 1.82) is 0 Å². The Kier molecular flexibility index (Phi) is 1.61. The molecule has 0 saturated heterocycles. The van der Waals surface area contributed by atoms with E-state index in [4.69, 9.17) is 0 Å². The highest BCUT2D eigenvalue weighted by atomic mass is 19.4. The van der Waals surface area contributed by atoms with Crippen LogP contribution in [0.3, 0.4) is 0 Å². The summed E-state index contributed by atoms with van der Waals surface area (Å²) in [5.74, 6) is 0. The summed E-state index contributed by atoms with van der Waals surface area (Å²) in [6, 6.07) is 0.847. The van der Waals surface area contributed by atoms with Crippen LogP contribution < -0.4 is 5.59 Å². The molecule has 1 aromatic rings. The summed E-state index contributed by atoms with van der Waals surface area (Å²) in [6.07, 6.45) is 1.95. The number of nitrogens with zero attached hydrogens (tertiary/aromatic N) is 2. The quantitative estimate of drug-likeness (QED) is 0.541. The van der Waals surface area contributed by atoms with Crippen molar-refractivity contribution < 1.29 is 12.9 Å². The molecule has 6 heteroatoms. The molecule has 0 saturated carbocycles. The number of hydrogen-bond acceptors (Lipinski definition) is 2. The van der Waals surface area contributed by atoms with Crippen LogP contribution in [0.1, 0.15) is 0 Å². The zero-order valence-corrected chi connectivity index (χ0v) is 4.84. The molecule has 0 atom stereocenters. The molecule has 0 amide bonds. The minimum atomic E-state index is -4.96. The third kappa shape index (κ3) is 1.46. The van der Waals surface area contributed by atoms with Crippen LogP contribution >= 0.6 is 0 Å². The fourth-order valence-electron chi connectivity index (χ4n) is 0.495. The molecule has 0 aliphatic rings. The van der Waals surface area contributed by atoms with E-state index in [2.05, 4.69) is 9.97 Å². The Morgan fingerprint density at radius 2 is 2.00 bits per heavy atom. The van der Waals surface area contributed by atoms with E-state index in [-0.39, 0.29) is 0 Å². The Morgan fingerprint density at radius 1 is 1.30 bits per heavy atom. The van der Waals surface area contributed by atoms with Gasteiger partial charge in [0, 0.05) is 6.20 Å². The summed E-state index contributed by atoms with van der Waals surface area (Å²) in [7, 11) is 0. The lowest BCUT2D eigenvalue weighted by Crippen LogP contribution is -2.36. The third-order valence-corrected chi connectivity index (χ3v) is 0.940. The predicted molar refractivity (Wildman–Crippen MR) is 30.7 cm³/mol. The van der Waals surface area contributed by atoms with Crippen LogP contribution in [0, 0.1) is 0 Å². The fourth-order valence-corrected chi connectivity index (χ4v) is 0.495. The number of rotatable bonds is 1. The molecule has 0 aliphatic heterocycles. The molecule has 2 nitrogen and oxygen atoms in total. The van der Waals surface area contributed by atoms with Crippen molar-refractivity contribution in [3.8, 4) is 0 Å². The van der Waals surface area contributed by atoms with Gasteiger partial charge >= 0.3 is 6.98 Å². The van der Waals surface area contributed by atoms with Crippen LogP contribution in [0.5, 0.6) is 0 Å². The Hall–Kier alpha value is -1.07. The molecule has 54 valence electrons. The second-order valence-corrected chi connectivity index (χ2v) is 1.71. The van der Waals surface area contributed by atoms with Crippen molar-refractivity contribution in [2.75, 3.05) is 0 Å². The van der Waals surface area contributed by atoms with Gasteiger partial charge in [0.2, 0.25) is 0 Å². The average molecular weight is 147 g/mol. The highest BCUT2D eigenvalue weighted by Crippen LogP contribution is 2.05. The van der Waals surface area contributed by atoms with Gasteiger partial charge in [-0.05, 0) is 5.59 Å². The molecule has 0 N–H and O–H groups in total. The van der Waals surface area contributed by atoms with E-state index in [1.54, 1.807) is 0 Å². The molecule has 1 aromatic heterocycles. The van der Waals surface area contributed by atoms with E-state index in [9.17, 15) is 12.9 Å². The van der Waals surface area contributed by atoms with Gasteiger partial charge in [0.15, 0.2) is 0 Å². The maximum absolute atomic E-state index is 11.8. The van der Waals surface area contributed by atoms with Crippen molar-refractivity contribution in [3.05, 3.63) is 18.6 Å². The van der Waals surface area contributed by atoms with Crippen LogP contribution in [0.25, 0.3) is 0 Å². The van der Waals surface area contributed by atoms with Gasteiger partial charge in [-0.2, -0.15) is 0 Å². The average Bonchev–Trinajstić information content (AvgIpc) is 1.88. The van der Waals surface area contributed by atoms with Crippen molar-refractivity contribution >= 4 is 12.6 Å². The molecule has 0 bridgehead atoms. The van der Waals surface area contributed by atoms with Gasteiger partial charge in [0.25, 0.3) is 0 Å². The Bertz CT molecular complexity index is 209. The first-order valence-corrected chi connectivity index (χ1v) is 2.56. The van der Waals surface area contributed by atoms with Crippen LogP contribution in [0.2, 0.25) is 0 Å². The maximum Gasteiger partial charge on any atom is 0.527 e. The standard InChI is InChI=1S/C4H3BF3N2/c6-5(7,8)4-1-2-9-3-10-4/h1-3H/q-1. The molecule has 0 radical (unpaired) electrons. The van der Waals surface area contributed by atoms with Gasteiger partial charge in [0.05, 0.1) is 0 Å². The zero-order valence-electron chi connectivity index (χ0n) is 4.84. The summed E-state index contributed by atoms with van der Waals surface area (Å²) < 4.78 is 35.3. The van der Waals surface area contributed by atoms with Crippen LogP contribution in [0.4, 0.5) is 12.9 Å². The third-order valence-electron chi connectivity index (χ3n) is 0.940. The lowest BCUT2D eigenvalue weighted by molar-refractivity contribution is 0.498. The minimum absolute atomic E-state index is 0.847. The van der Waals surface area contributed by atoms with Crippen molar-refractivity contribution in [2.45, 2.75) is 0 Å². The van der Waals surface area contributed by atoms with Gasteiger partial charge < -0.3 is 12.9 Å². The first kappa shape index (κ1) is 7.05. The number of hydrogen-bond donors (Lipinski definition) is 0. The molecule has 1 heterocycles. The summed E-state index contributed by atoms with van der Waals surface area (Å²) in [5, 5.41) is 0. The molecular weight excluding hydrogens is 144 g/mol. The van der Waals surface area contributed by atoms with E-state index in [0.717, 1.165) is 18.6 Å². The van der Waals surface area contributed by atoms with Crippen molar-refractivity contribution in [1.82, 2.24) is 9.97 Å². The first-order chi connectivity index (χ1) is 4.61. The smallest absolute Gasteiger partial charge is 0.444 e. The highest BCUT2D eigenvalue weighted by molar-refractivity contribution is 6.72. The lowest BCUT2D eigenvalue weighted by Gasteiger charge is -2.11. The van der Waals surface area contributed by atoms with E-state index < -0.39 is 12.6 Å². The highest BCUT2D eigenvalue weighted by Gasteiger charge is 2.26. The molecule has 1 rings (SSSR count). The second kappa shape index (κ2) is 2.28. The molecule has 0 spiro atoms. The van der Waals surface area contributed by atoms with E-state index in [1.807, 2.05) is 0 Å². The summed E-state index contributed by atoms with van der Waals surface area (Å²) in [5.41, 5.74) is -0.852. The Labute approximate surface area is 55.2 Å². The topological polar surface area (TPSA) is 25.8 Å². The molecular formula is C4H3BF3N2-. The van der Waals surface area contributed by atoms with Crippen LogP contribution in [-0.4, -0.2) is 16.9 Å². The maximum atomic E-state index is 11.8. The molecule has 10 heavy (non-hydrogen) atoms. The monoisotopic (exact) mass is 147 g/mol. The Morgan fingerprint density at radius 3 is 2.30 bits per heavy atom. The first-order valence-electron chi connectivity index (χ1n) is 2.56. The van der Waals surface area contributed by atoms with Gasteiger partial charge in [-0.1, -0.05) is 6.07 Å². The SMILES string of the molecule is F[B-](F)(F)c1ccncn1. The molecule has 0 aromatic carbocycles. The molecule has 0 aliphatic carbocycles. The minimum Gasteiger partial charge on any atom is -0.444 e. The Balaban J connectivity index is 2.97. The zero-order chi connectivity index (χ0) is 7.61. The predicted octanol–water partition coefficient (Wildman–Crippen LogP) is 0.531. The number of aromatic nitrogens is 2. The summed E-state index contributed by atoms with van der Waals surface area (Å²) >= 11 is 0. The van der Waals surface area contributed by atoms with Gasteiger partial charge in [-0.3, -0.25) is 4.98 Å². The molecule has 0 unspecified atom stereocenters. The fraction of sp³-hybridized carbons (Fsp3) is 0. The number of halogens is 3. The van der Waals surface area contributed by atoms with Gasteiger partial charge in [-0.15, -0.1) is 0 Å². The van der Waals surface area contributed by atoms with Crippen LogP contribution in [-0.2, 0) is 0 Å². The van der Waals surface area contributed by atoms with Crippen molar-refractivity contribution in [3.63, 3.8) is 0 Å². The van der Waals surface area contributed by atoms with E-state index in [0.29, 0.717) is 0 Å². The largest absolute Gasteiger partial charge is 0.527 e. The normalized spacial score (nSPS) is 11.5. The van der Waals surface area contributed by atoms with Crippen molar-refractivity contribution in [2.24, 2.45) is 0 Å². The summed E-state index contributed by atoms with van der Waals surface area (Å²) in [6.45, 7) is -4.96. The van der Waals surface area contributed by atoms with E-state index >= 15 is 0 Å². The molecule has 0 fully saturated rings. The van der Waals surface area contributed by atoms with Gasteiger partial charge in [0.1, 0.15) is 6.33 Å². The van der Waals surface area contributed by atoms with E-state index in [1.165, 1.54) is 0 Å².